The highest BCUT2D eigenvalue weighted by atomic mass is 15.1. The summed E-state index contributed by atoms with van der Waals surface area (Å²) in [5.74, 6) is 0. The summed E-state index contributed by atoms with van der Waals surface area (Å²) < 4.78 is 0. The van der Waals surface area contributed by atoms with Crippen molar-refractivity contribution in [2.75, 3.05) is 0 Å². The molecule has 1 aliphatic carbocycles. The van der Waals surface area contributed by atoms with Crippen molar-refractivity contribution in [2.24, 2.45) is 5.11 Å². The first-order valence-electron chi connectivity index (χ1n) is 4.20. The number of fused-ring (bicyclic) bond motifs is 1. The highest BCUT2D eigenvalue weighted by molar-refractivity contribution is 5.37. The van der Waals surface area contributed by atoms with Gasteiger partial charge in [-0.15, -0.1) is 0 Å². The molecule has 0 saturated carbocycles. The molecule has 0 fully saturated rings. The van der Waals surface area contributed by atoms with E-state index in [0.29, 0.717) is 0 Å². The predicted molar refractivity (Wildman–Crippen MR) is 51.2 cm³/mol. The van der Waals surface area contributed by atoms with E-state index in [1.807, 2.05) is 30.4 Å². The van der Waals surface area contributed by atoms with Crippen molar-refractivity contribution in [1.82, 2.24) is 0 Å². The summed E-state index contributed by atoms with van der Waals surface area (Å²) in [5.41, 5.74) is 10.7. The number of hydrogen-bond acceptors (Lipinski definition) is 1. The molecule has 0 radical (unpaired) electrons. The smallest absolute Gasteiger partial charge is 0.0809 e. The summed E-state index contributed by atoms with van der Waals surface area (Å²) in [7, 11) is 0. The molecule has 13 heavy (non-hydrogen) atoms. The molecule has 1 unspecified atom stereocenters. The van der Waals surface area contributed by atoms with E-state index in [1.54, 1.807) is 0 Å². The zero-order chi connectivity index (χ0) is 9.10. The fourth-order valence-electron chi connectivity index (χ4n) is 1.59. The van der Waals surface area contributed by atoms with Crippen molar-refractivity contribution in [2.45, 2.75) is 12.5 Å². The number of hydrogen-bond donors (Lipinski definition) is 0. The van der Waals surface area contributed by atoms with E-state index in [4.69, 9.17) is 5.53 Å². The van der Waals surface area contributed by atoms with Gasteiger partial charge in [-0.2, -0.15) is 0 Å². The van der Waals surface area contributed by atoms with Crippen LogP contribution in [0.1, 0.15) is 17.2 Å². The van der Waals surface area contributed by atoms with Gasteiger partial charge in [0.05, 0.1) is 6.04 Å². The Balaban J connectivity index is 2.47. The van der Waals surface area contributed by atoms with Gasteiger partial charge in [0.15, 0.2) is 0 Å². The van der Waals surface area contributed by atoms with Gasteiger partial charge in [0.25, 0.3) is 0 Å². The standard InChI is InChI=1S/C10H9N3/c11-13-12-10-7-3-5-8-4-1-2-6-9(8)10/h1-4,6-7,10H,5H2. The lowest BCUT2D eigenvalue weighted by Gasteiger charge is -2.15. The van der Waals surface area contributed by atoms with E-state index in [9.17, 15) is 0 Å². The van der Waals surface area contributed by atoms with Crippen molar-refractivity contribution >= 4 is 0 Å². The molecule has 2 rings (SSSR count). The molecule has 1 aromatic carbocycles. The molecule has 1 aromatic rings. The number of rotatable bonds is 1. The zero-order valence-electron chi connectivity index (χ0n) is 7.09. The quantitative estimate of drug-likeness (QED) is 0.270. The number of allylic oxidation sites excluding steroid dienone is 1. The van der Waals surface area contributed by atoms with Gasteiger partial charge in [0, 0.05) is 4.91 Å². The van der Waals surface area contributed by atoms with Crippen LogP contribution in [-0.2, 0) is 6.42 Å². The van der Waals surface area contributed by atoms with Crippen molar-refractivity contribution in [3.63, 3.8) is 0 Å². The second-order valence-electron chi connectivity index (χ2n) is 2.98. The first-order valence-corrected chi connectivity index (χ1v) is 4.20. The summed E-state index contributed by atoms with van der Waals surface area (Å²) >= 11 is 0. The normalized spacial score (nSPS) is 18.9. The van der Waals surface area contributed by atoms with Gasteiger partial charge >= 0.3 is 0 Å². The van der Waals surface area contributed by atoms with Crippen LogP contribution in [0.15, 0.2) is 41.5 Å². The maximum atomic E-state index is 8.37. The second-order valence-corrected chi connectivity index (χ2v) is 2.98. The van der Waals surface area contributed by atoms with Gasteiger partial charge in [0.2, 0.25) is 0 Å². The Hall–Kier alpha value is -1.73. The fraction of sp³-hybridized carbons (Fsp3) is 0.200. The highest BCUT2D eigenvalue weighted by Gasteiger charge is 2.12. The third-order valence-corrected chi connectivity index (χ3v) is 2.21. The van der Waals surface area contributed by atoms with E-state index >= 15 is 0 Å². The predicted octanol–water partition coefficient (Wildman–Crippen LogP) is 3.15. The first-order chi connectivity index (χ1) is 6.42. The Labute approximate surface area is 76.3 Å². The minimum Gasteiger partial charge on any atom is -0.0834 e. The SMILES string of the molecule is [N-]=[N+]=NC1C=CCc2ccccc21. The largest absolute Gasteiger partial charge is 0.0834 e. The van der Waals surface area contributed by atoms with Crippen LogP contribution >= 0.6 is 0 Å². The van der Waals surface area contributed by atoms with Gasteiger partial charge in [-0.25, -0.2) is 0 Å². The summed E-state index contributed by atoms with van der Waals surface area (Å²) in [6.07, 6.45) is 4.93. The van der Waals surface area contributed by atoms with Crippen molar-refractivity contribution in [3.8, 4) is 0 Å². The van der Waals surface area contributed by atoms with E-state index in [-0.39, 0.29) is 6.04 Å². The lowest BCUT2D eigenvalue weighted by atomic mass is 9.94. The first kappa shape index (κ1) is 7.90. The van der Waals surface area contributed by atoms with Crippen molar-refractivity contribution in [1.29, 1.82) is 0 Å². The van der Waals surface area contributed by atoms with Crippen LogP contribution in [0.25, 0.3) is 10.4 Å². The molecular formula is C10H9N3. The Morgan fingerprint density at radius 1 is 1.38 bits per heavy atom. The maximum Gasteiger partial charge on any atom is 0.0809 e. The Bertz CT molecular complexity index is 389. The minimum atomic E-state index is -0.116. The van der Waals surface area contributed by atoms with Gasteiger partial charge < -0.3 is 0 Å². The topological polar surface area (TPSA) is 48.8 Å². The zero-order valence-corrected chi connectivity index (χ0v) is 7.09. The molecule has 0 spiro atoms. The number of azide groups is 1. The van der Waals surface area contributed by atoms with Crippen LogP contribution in [0.2, 0.25) is 0 Å². The molecule has 0 bridgehead atoms. The molecule has 3 nitrogen and oxygen atoms in total. The Kier molecular flexibility index (Phi) is 2.02. The van der Waals surface area contributed by atoms with Crippen LogP contribution in [0.3, 0.4) is 0 Å². The van der Waals surface area contributed by atoms with Crippen LogP contribution in [-0.4, -0.2) is 0 Å². The van der Waals surface area contributed by atoms with Crippen molar-refractivity contribution < 1.29 is 0 Å². The summed E-state index contributed by atoms with van der Waals surface area (Å²) in [4.78, 5) is 2.83. The highest BCUT2D eigenvalue weighted by Crippen LogP contribution is 2.27. The maximum absolute atomic E-state index is 8.37. The molecule has 3 heteroatoms. The fourth-order valence-corrected chi connectivity index (χ4v) is 1.59. The van der Waals surface area contributed by atoms with Crippen LogP contribution < -0.4 is 0 Å². The molecule has 0 heterocycles. The Morgan fingerprint density at radius 2 is 2.23 bits per heavy atom. The molecule has 1 aliphatic rings. The Morgan fingerprint density at radius 3 is 3.08 bits per heavy atom. The molecular weight excluding hydrogens is 162 g/mol. The van der Waals surface area contributed by atoms with Gasteiger partial charge in [-0.05, 0) is 23.1 Å². The molecule has 0 aromatic heterocycles. The van der Waals surface area contributed by atoms with Crippen LogP contribution in [0.4, 0.5) is 0 Å². The molecule has 1 atom stereocenters. The van der Waals surface area contributed by atoms with Gasteiger partial charge in [0.1, 0.15) is 0 Å². The van der Waals surface area contributed by atoms with E-state index in [0.717, 1.165) is 12.0 Å². The lowest BCUT2D eigenvalue weighted by Crippen LogP contribution is -2.01. The number of benzene rings is 1. The van der Waals surface area contributed by atoms with Crippen LogP contribution in [0, 0.1) is 0 Å². The minimum absolute atomic E-state index is 0.116. The molecule has 0 N–H and O–H groups in total. The summed E-state index contributed by atoms with van der Waals surface area (Å²) in [5, 5.41) is 3.72. The molecule has 64 valence electrons. The third kappa shape index (κ3) is 1.42. The van der Waals surface area contributed by atoms with Crippen LogP contribution in [0.5, 0.6) is 0 Å². The number of nitrogens with zero attached hydrogens (tertiary/aromatic N) is 3. The van der Waals surface area contributed by atoms with E-state index in [2.05, 4.69) is 16.1 Å². The average molecular weight is 171 g/mol. The van der Waals surface area contributed by atoms with Gasteiger partial charge in [-0.3, -0.25) is 0 Å². The average Bonchev–Trinajstić information content (AvgIpc) is 2.19. The van der Waals surface area contributed by atoms with Gasteiger partial charge in [-0.1, -0.05) is 41.5 Å². The van der Waals surface area contributed by atoms with Crippen molar-refractivity contribution in [3.05, 3.63) is 58.0 Å². The second kappa shape index (κ2) is 3.33. The summed E-state index contributed by atoms with van der Waals surface area (Å²) in [6, 6.07) is 7.94. The third-order valence-electron chi connectivity index (χ3n) is 2.21. The monoisotopic (exact) mass is 171 g/mol. The molecule has 0 saturated heterocycles. The van der Waals surface area contributed by atoms with E-state index < -0.39 is 0 Å². The van der Waals surface area contributed by atoms with E-state index in [1.165, 1.54) is 5.56 Å². The lowest BCUT2D eigenvalue weighted by molar-refractivity contribution is 0.853. The summed E-state index contributed by atoms with van der Waals surface area (Å²) in [6.45, 7) is 0. The molecule has 0 amide bonds. The molecule has 0 aliphatic heterocycles.